The molecule has 2 rings (SSSR count). The van der Waals surface area contributed by atoms with Crippen molar-refractivity contribution in [2.24, 2.45) is 0 Å². The number of halogens is 1. The van der Waals surface area contributed by atoms with E-state index in [9.17, 15) is 4.79 Å². The standard InChI is InChI=1S/C17H14ClNO3/c1-11-4-12(7-17(20)21-3)6-15(5-11)22-16-9-13(18)8-14(10-16)19-2/h4-6,8-10H,7H2,1,3H3. The highest BCUT2D eigenvalue weighted by molar-refractivity contribution is 6.31. The van der Waals surface area contributed by atoms with Crippen LogP contribution >= 0.6 is 11.6 Å². The van der Waals surface area contributed by atoms with Crippen molar-refractivity contribution in [1.82, 2.24) is 0 Å². The molecule has 22 heavy (non-hydrogen) atoms. The average molecular weight is 316 g/mol. The van der Waals surface area contributed by atoms with Crippen LogP contribution in [0.4, 0.5) is 5.69 Å². The predicted molar refractivity (Wildman–Crippen MR) is 84.7 cm³/mol. The average Bonchev–Trinajstić information content (AvgIpc) is 2.45. The molecule has 112 valence electrons. The fourth-order valence-electron chi connectivity index (χ4n) is 2.03. The summed E-state index contributed by atoms with van der Waals surface area (Å²) < 4.78 is 10.4. The van der Waals surface area contributed by atoms with Crippen LogP contribution in [-0.2, 0) is 16.0 Å². The molecule has 0 amide bonds. The molecule has 0 aliphatic heterocycles. The second-order valence-electron chi connectivity index (χ2n) is 4.77. The molecule has 0 heterocycles. The molecule has 0 radical (unpaired) electrons. The fourth-order valence-corrected chi connectivity index (χ4v) is 2.25. The van der Waals surface area contributed by atoms with Crippen LogP contribution in [0.3, 0.4) is 0 Å². The maximum atomic E-state index is 11.4. The van der Waals surface area contributed by atoms with Gasteiger partial charge < -0.3 is 9.47 Å². The summed E-state index contributed by atoms with van der Waals surface area (Å²) in [5.41, 5.74) is 2.17. The zero-order chi connectivity index (χ0) is 16.1. The van der Waals surface area contributed by atoms with Gasteiger partial charge in [-0.2, -0.15) is 0 Å². The molecular formula is C17H14ClNO3. The monoisotopic (exact) mass is 315 g/mol. The molecule has 0 aliphatic rings. The van der Waals surface area contributed by atoms with Crippen molar-refractivity contribution < 1.29 is 14.3 Å². The van der Waals surface area contributed by atoms with Gasteiger partial charge in [0.25, 0.3) is 0 Å². The molecular weight excluding hydrogens is 302 g/mol. The Hall–Kier alpha value is -2.51. The quantitative estimate of drug-likeness (QED) is 0.606. The molecule has 0 unspecified atom stereocenters. The first kappa shape index (κ1) is 15.9. The highest BCUT2D eigenvalue weighted by atomic mass is 35.5. The first-order chi connectivity index (χ1) is 10.5. The first-order valence-electron chi connectivity index (χ1n) is 6.53. The van der Waals surface area contributed by atoms with E-state index in [1.54, 1.807) is 24.3 Å². The molecule has 2 aromatic carbocycles. The zero-order valence-corrected chi connectivity index (χ0v) is 13.0. The molecule has 0 aromatic heterocycles. The van der Waals surface area contributed by atoms with Crippen LogP contribution in [0.5, 0.6) is 11.5 Å². The lowest BCUT2D eigenvalue weighted by Crippen LogP contribution is -2.04. The van der Waals surface area contributed by atoms with Gasteiger partial charge in [0.1, 0.15) is 11.5 Å². The number of carbonyl (C=O) groups excluding carboxylic acids is 1. The van der Waals surface area contributed by atoms with Crippen molar-refractivity contribution in [3.05, 3.63) is 64.0 Å². The van der Waals surface area contributed by atoms with Crippen molar-refractivity contribution in [3.63, 3.8) is 0 Å². The number of carbonyl (C=O) groups is 1. The minimum atomic E-state index is -0.311. The van der Waals surface area contributed by atoms with Crippen LogP contribution in [0, 0.1) is 13.5 Å². The largest absolute Gasteiger partial charge is 0.469 e. The lowest BCUT2D eigenvalue weighted by Gasteiger charge is -2.10. The molecule has 0 spiro atoms. The zero-order valence-electron chi connectivity index (χ0n) is 12.2. The van der Waals surface area contributed by atoms with Crippen LogP contribution in [-0.4, -0.2) is 13.1 Å². The van der Waals surface area contributed by atoms with Gasteiger partial charge >= 0.3 is 5.97 Å². The molecule has 0 bridgehead atoms. The number of hydrogen-bond donors (Lipinski definition) is 0. The highest BCUT2D eigenvalue weighted by Gasteiger charge is 2.07. The Labute approximate surface area is 134 Å². The van der Waals surface area contributed by atoms with Gasteiger partial charge in [0, 0.05) is 5.02 Å². The number of rotatable bonds is 4. The van der Waals surface area contributed by atoms with Gasteiger partial charge in [0.15, 0.2) is 5.69 Å². The van der Waals surface area contributed by atoms with Crippen molar-refractivity contribution in [1.29, 1.82) is 0 Å². The molecule has 0 saturated heterocycles. The lowest BCUT2D eigenvalue weighted by atomic mass is 10.1. The molecule has 2 aromatic rings. The van der Waals surface area contributed by atoms with E-state index in [2.05, 4.69) is 9.58 Å². The lowest BCUT2D eigenvalue weighted by molar-refractivity contribution is -0.139. The normalized spacial score (nSPS) is 9.91. The Kier molecular flexibility index (Phi) is 5.03. The molecule has 0 fully saturated rings. The van der Waals surface area contributed by atoms with E-state index in [0.29, 0.717) is 22.2 Å². The van der Waals surface area contributed by atoms with Crippen LogP contribution in [0.1, 0.15) is 11.1 Å². The Morgan fingerprint density at radius 1 is 1.18 bits per heavy atom. The number of nitrogens with zero attached hydrogens (tertiary/aromatic N) is 1. The SMILES string of the molecule is [C-]#[N+]c1cc(Cl)cc(Oc2cc(C)cc(CC(=O)OC)c2)c1. The van der Waals surface area contributed by atoms with Crippen molar-refractivity contribution in [3.8, 4) is 11.5 Å². The molecule has 0 saturated carbocycles. The van der Waals surface area contributed by atoms with E-state index in [1.807, 2.05) is 19.1 Å². The number of aryl methyl sites for hydroxylation is 1. The Morgan fingerprint density at radius 3 is 2.59 bits per heavy atom. The summed E-state index contributed by atoms with van der Waals surface area (Å²) in [5, 5.41) is 0.436. The van der Waals surface area contributed by atoms with E-state index >= 15 is 0 Å². The number of ether oxygens (including phenoxy) is 2. The summed E-state index contributed by atoms with van der Waals surface area (Å²) in [5.74, 6) is 0.750. The third kappa shape index (κ3) is 4.24. The summed E-state index contributed by atoms with van der Waals surface area (Å²) in [6, 6.07) is 10.3. The summed E-state index contributed by atoms with van der Waals surface area (Å²) in [6.07, 6.45) is 0.178. The first-order valence-corrected chi connectivity index (χ1v) is 6.91. The van der Waals surface area contributed by atoms with Gasteiger partial charge in [0.2, 0.25) is 0 Å². The van der Waals surface area contributed by atoms with Gasteiger partial charge in [-0.1, -0.05) is 17.7 Å². The molecule has 4 nitrogen and oxygen atoms in total. The maximum Gasteiger partial charge on any atom is 0.309 e. The Balaban J connectivity index is 2.28. The predicted octanol–water partition coefficient (Wildman–Crippen LogP) is 4.71. The second-order valence-corrected chi connectivity index (χ2v) is 5.20. The fraction of sp³-hybridized carbons (Fsp3) is 0.176. The van der Waals surface area contributed by atoms with E-state index in [4.69, 9.17) is 22.9 Å². The molecule has 0 N–H and O–H groups in total. The smallest absolute Gasteiger partial charge is 0.309 e. The summed E-state index contributed by atoms with van der Waals surface area (Å²) >= 11 is 5.96. The Morgan fingerprint density at radius 2 is 1.91 bits per heavy atom. The molecule has 0 aliphatic carbocycles. The topological polar surface area (TPSA) is 39.9 Å². The van der Waals surface area contributed by atoms with E-state index in [1.165, 1.54) is 7.11 Å². The number of methoxy groups -OCH3 is 1. The van der Waals surface area contributed by atoms with Crippen LogP contribution < -0.4 is 4.74 Å². The van der Waals surface area contributed by atoms with Crippen LogP contribution in [0.2, 0.25) is 5.02 Å². The van der Waals surface area contributed by atoms with Gasteiger partial charge in [-0.3, -0.25) is 4.79 Å². The highest BCUT2D eigenvalue weighted by Crippen LogP contribution is 2.30. The molecule has 0 atom stereocenters. The minimum Gasteiger partial charge on any atom is -0.469 e. The van der Waals surface area contributed by atoms with E-state index < -0.39 is 0 Å². The Bertz CT molecular complexity index is 750. The number of hydrogen-bond acceptors (Lipinski definition) is 3. The van der Waals surface area contributed by atoms with E-state index in [0.717, 1.165) is 11.1 Å². The second kappa shape index (κ2) is 6.97. The van der Waals surface area contributed by atoms with Gasteiger partial charge in [0.05, 0.1) is 20.1 Å². The van der Waals surface area contributed by atoms with Gasteiger partial charge in [-0.05, 0) is 48.4 Å². The maximum absolute atomic E-state index is 11.4. The van der Waals surface area contributed by atoms with Gasteiger partial charge in [-0.15, -0.1) is 0 Å². The summed E-state index contributed by atoms with van der Waals surface area (Å²) in [4.78, 5) is 14.7. The van der Waals surface area contributed by atoms with Crippen molar-refractivity contribution in [2.45, 2.75) is 13.3 Å². The van der Waals surface area contributed by atoms with Crippen molar-refractivity contribution >= 4 is 23.3 Å². The summed E-state index contributed by atoms with van der Waals surface area (Å²) in [6.45, 7) is 8.96. The molecule has 5 heteroatoms. The third-order valence-corrected chi connectivity index (χ3v) is 3.13. The van der Waals surface area contributed by atoms with Crippen molar-refractivity contribution in [2.75, 3.05) is 7.11 Å². The third-order valence-electron chi connectivity index (χ3n) is 2.91. The minimum absolute atomic E-state index is 0.178. The number of benzene rings is 2. The van der Waals surface area contributed by atoms with Crippen LogP contribution in [0.25, 0.3) is 4.85 Å². The number of esters is 1. The summed E-state index contributed by atoms with van der Waals surface area (Å²) in [7, 11) is 1.35. The van der Waals surface area contributed by atoms with E-state index in [-0.39, 0.29) is 12.4 Å². The van der Waals surface area contributed by atoms with Gasteiger partial charge in [-0.25, -0.2) is 4.85 Å². The van der Waals surface area contributed by atoms with Crippen LogP contribution in [0.15, 0.2) is 36.4 Å².